The van der Waals surface area contributed by atoms with Crippen LogP contribution in [0, 0.1) is 5.92 Å². The normalized spacial score (nSPS) is 17.3. The first-order valence-electron chi connectivity index (χ1n) is 9.33. The highest BCUT2D eigenvalue weighted by Crippen LogP contribution is 2.34. The van der Waals surface area contributed by atoms with Crippen LogP contribution in [-0.4, -0.2) is 38.5 Å². The molecule has 2 aliphatic heterocycles. The van der Waals surface area contributed by atoms with Crippen LogP contribution in [0.25, 0.3) is 0 Å². The van der Waals surface area contributed by atoms with E-state index >= 15 is 0 Å². The zero-order valence-electron chi connectivity index (χ0n) is 15.6. The molecule has 1 fully saturated rings. The fourth-order valence-corrected chi connectivity index (χ4v) is 5.19. The topological polar surface area (TPSA) is 84.9 Å². The van der Waals surface area contributed by atoms with Crippen LogP contribution in [0.15, 0.2) is 42.5 Å². The van der Waals surface area contributed by atoms with Crippen LogP contribution in [0.3, 0.4) is 0 Å². The first-order chi connectivity index (χ1) is 13.9. The number of fused-ring (bicyclic) bond motifs is 1. The summed E-state index contributed by atoms with van der Waals surface area (Å²) >= 11 is 5.85. The third-order valence-corrected chi connectivity index (χ3v) is 7.22. The fraction of sp³-hybridized carbons (Fsp3) is 0.350. The molecule has 1 amide bonds. The Bertz CT molecular complexity index is 1000. The molecule has 2 aromatic carbocycles. The number of halogens is 1. The summed E-state index contributed by atoms with van der Waals surface area (Å²) in [5, 5.41) is 3.45. The van der Waals surface area contributed by atoms with Gasteiger partial charge in [-0.3, -0.25) is 4.79 Å². The third-order valence-electron chi connectivity index (χ3n) is 5.12. The second kappa shape index (κ2) is 8.22. The lowest BCUT2D eigenvalue weighted by Gasteiger charge is -2.30. The van der Waals surface area contributed by atoms with Crippen molar-refractivity contribution in [3.05, 3.63) is 53.1 Å². The number of carbonyl (C=O) groups is 1. The zero-order valence-corrected chi connectivity index (χ0v) is 17.2. The third kappa shape index (κ3) is 4.66. The average molecular weight is 437 g/mol. The van der Waals surface area contributed by atoms with Gasteiger partial charge in [-0.25, -0.2) is 12.7 Å². The van der Waals surface area contributed by atoms with Crippen molar-refractivity contribution in [3.8, 4) is 11.5 Å². The summed E-state index contributed by atoms with van der Waals surface area (Å²) in [6.45, 7) is 0.833. The van der Waals surface area contributed by atoms with Gasteiger partial charge in [0.05, 0.1) is 5.75 Å². The van der Waals surface area contributed by atoms with Gasteiger partial charge in [-0.2, -0.15) is 0 Å². The van der Waals surface area contributed by atoms with Crippen molar-refractivity contribution in [2.24, 2.45) is 5.92 Å². The first kappa shape index (κ1) is 20.0. The Balaban J connectivity index is 1.32. The molecule has 4 rings (SSSR count). The van der Waals surface area contributed by atoms with Gasteiger partial charge in [0.1, 0.15) is 0 Å². The molecule has 29 heavy (non-hydrogen) atoms. The number of amides is 1. The van der Waals surface area contributed by atoms with E-state index in [1.54, 1.807) is 42.5 Å². The van der Waals surface area contributed by atoms with Crippen molar-refractivity contribution < 1.29 is 22.7 Å². The molecule has 0 aliphatic carbocycles. The highest BCUT2D eigenvalue weighted by atomic mass is 35.5. The first-order valence-corrected chi connectivity index (χ1v) is 11.3. The van der Waals surface area contributed by atoms with Crippen molar-refractivity contribution >= 4 is 33.2 Å². The molecule has 0 unspecified atom stereocenters. The number of nitrogens with zero attached hydrogens (tertiary/aromatic N) is 1. The van der Waals surface area contributed by atoms with Gasteiger partial charge >= 0.3 is 0 Å². The Morgan fingerprint density at radius 1 is 1.07 bits per heavy atom. The Hall–Kier alpha value is -2.29. The lowest BCUT2D eigenvalue weighted by molar-refractivity contribution is -0.120. The summed E-state index contributed by atoms with van der Waals surface area (Å²) < 4.78 is 37.4. The van der Waals surface area contributed by atoms with Crippen LogP contribution < -0.4 is 14.8 Å². The van der Waals surface area contributed by atoms with E-state index in [-0.39, 0.29) is 24.4 Å². The minimum atomic E-state index is -3.44. The summed E-state index contributed by atoms with van der Waals surface area (Å²) in [7, 11) is -3.44. The molecule has 2 aromatic rings. The van der Waals surface area contributed by atoms with Crippen LogP contribution in [0.2, 0.25) is 5.02 Å². The molecule has 2 aliphatic rings. The number of anilines is 1. The van der Waals surface area contributed by atoms with Crippen molar-refractivity contribution in [1.29, 1.82) is 0 Å². The Labute approximate surface area is 174 Å². The van der Waals surface area contributed by atoms with E-state index < -0.39 is 10.0 Å². The number of hydrogen-bond acceptors (Lipinski definition) is 5. The summed E-state index contributed by atoms with van der Waals surface area (Å²) in [6, 6.07) is 12.0. The highest BCUT2D eigenvalue weighted by molar-refractivity contribution is 7.88. The van der Waals surface area contributed by atoms with Crippen LogP contribution in [0.5, 0.6) is 11.5 Å². The molecule has 2 heterocycles. The largest absolute Gasteiger partial charge is 0.454 e. The predicted molar refractivity (Wildman–Crippen MR) is 110 cm³/mol. The van der Waals surface area contributed by atoms with Crippen molar-refractivity contribution in [1.82, 2.24) is 4.31 Å². The molecule has 0 atom stereocenters. The molecule has 0 saturated carbocycles. The van der Waals surface area contributed by atoms with E-state index in [0.29, 0.717) is 53.7 Å². The highest BCUT2D eigenvalue weighted by Gasteiger charge is 2.31. The Morgan fingerprint density at radius 2 is 1.76 bits per heavy atom. The summed E-state index contributed by atoms with van der Waals surface area (Å²) in [6.07, 6.45) is 0.965. The minimum Gasteiger partial charge on any atom is -0.454 e. The minimum absolute atomic E-state index is 0.0712. The monoisotopic (exact) mass is 436 g/mol. The zero-order chi connectivity index (χ0) is 20.4. The van der Waals surface area contributed by atoms with E-state index in [4.69, 9.17) is 21.1 Å². The maximum Gasteiger partial charge on any atom is 0.231 e. The van der Waals surface area contributed by atoms with E-state index in [9.17, 15) is 13.2 Å². The van der Waals surface area contributed by atoms with E-state index in [1.807, 2.05) is 0 Å². The quantitative estimate of drug-likeness (QED) is 0.777. The summed E-state index contributed by atoms with van der Waals surface area (Å²) in [4.78, 5) is 12.6. The predicted octanol–water partition coefficient (Wildman–Crippen LogP) is 3.25. The molecule has 1 N–H and O–H groups in total. The van der Waals surface area contributed by atoms with E-state index in [0.717, 1.165) is 0 Å². The van der Waals surface area contributed by atoms with Gasteiger partial charge < -0.3 is 14.8 Å². The van der Waals surface area contributed by atoms with Crippen LogP contribution >= 0.6 is 11.6 Å². The van der Waals surface area contributed by atoms with Gasteiger partial charge in [0.15, 0.2) is 11.5 Å². The standard InChI is InChI=1S/C20H21ClN2O5S/c21-16-3-1-14(2-4-16)12-29(25,26)23-9-7-15(8-10-23)20(24)22-17-5-6-18-19(11-17)28-13-27-18/h1-6,11,15H,7-10,12-13H2,(H,22,24). The van der Waals surface area contributed by atoms with Crippen LogP contribution in [0.1, 0.15) is 18.4 Å². The number of sulfonamides is 1. The van der Waals surface area contributed by atoms with Crippen LogP contribution in [-0.2, 0) is 20.6 Å². The van der Waals surface area contributed by atoms with Crippen molar-refractivity contribution in [3.63, 3.8) is 0 Å². The Morgan fingerprint density at radius 3 is 2.48 bits per heavy atom. The molecular weight excluding hydrogens is 416 g/mol. The SMILES string of the molecule is O=C(Nc1ccc2c(c1)OCO2)C1CCN(S(=O)(=O)Cc2ccc(Cl)cc2)CC1. The van der Waals surface area contributed by atoms with Gasteiger partial charge in [0.2, 0.25) is 22.7 Å². The molecule has 0 radical (unpaired) electrons. The van der Waals surface area contributed by atoms with Crippen molar-refractivity contribution in [2.75, 3.05) is 25.2 Å². The number of ether oxygens (including phenoxy) is 2. The average Bonchev–Trinajstić information content (AvgIpc) is 3.17. The molecule has 0 aromatic heterocycles. The molecule has 7 nitrogen and oxygen atoms in total. The summed E-state index contributed by atoms with van der Waals surface area (Å²) in [5.74, 6) is 0.840. The van der Waals surface area contributed by atoms with Gasteiger partial charge in [-0.1, -0.05) is 23.7 Å². The maximum atomic E-state index is 12.7. The molecule has 1 saturated heterocycles. The van der Waals surface area contributed by atoms with Gasteiger partial charge in [0.25, 0.3) is 0 Å². The number of benzene rings is 2. The van der Waals surface area contributed by atoms with Gasteiger partial charge in [0, 0.05) is 35.8 Å². The number of piperidine rings is 1. The van der Waals surface area contributed by atoms with Gasteiger partial charge in [-0.05, 0) is 42.7 Å². The Kier molecular flexibility index (Phi) is 5.67. The maximum absolute atomic E-state index is 12.7. The molecule has 154 valence electrons. The second-order valence-corrected chi connectivity index (χ2v) is 9.52. The van der Waals surface area contributed by atoms with E-state index in [1.165, 1.54) is 4.31 Å². The number of nitrogens with one attached hydrogen (secondary N) is 1. The fourth-order valence-electron chi connectivity index (χ4n) is 3.50. The smallest absolute Gasteiger partial charge is 0.231 e. The van der Waals surface area contributed by atoms with Gasteiger partial charge in [-0.15, -0.1) is 0 Å². The lowest BCUT2D eigenvalue weighted by atomic mass is 9.97. The number of rotatable bonds is 5. The number of carbonyl (C=O) groups excluding carboxylic acids is 1. The summed E-state index contributed by atoms with van der Waals surface area (Å²) in [5.41, 5.74) is 1.33. The van der Waals surface area contributed by atoms with Crippen molar-refractivity contribution in [2.45, 2.75) is 18.6 Å². The molecule has 9 heteroatoms. The lowest BCUT2D eigenvalue weighted by Crippen LogP contribution is -2.41. The molecular formula is C20H21ClN2O5S. The number of hydrogen-bond donors (Lipinski definition) is 1. The van der Waals surface area contributed by atoms with E-state index in [2.05, 4.69) is 5.32 Å². The molecule has 0 bridgehead atoms. The second-order valence-electron chi connectivity index (χ2n) is 7.11. The van der Waals surface area contributed by atoms with Crippen LogP contribution in [0.4, 0.5) is 5.69 Å². The molecule has 0 spiro atoms.